The number of benzene rings is 2. The number of anilines is 1. The Morgan fingerprint density at radius 3 is 2.47 bits per heavy atom. The Hall–Kier alpha value is -2.88. The second-order valence-corrected chi connectivity index (χ2v) is 8.55. The average Bonchev–Trinajstić information content (AvgIpc) is 2.77. The minimum Gasteiger partial charge on any atom is -0.507 e. The molecule has 3 N–H and O–H groups in total. The fourth-order valence-electron chi connectivity index (χ4n) is 4.86. The van der Waals surface area contributed by atoms with Gasteiger partial charge in [0.1, 0.15) is 11.5 Å². The molecule has 0 spiro atoms. The molecule has 0 amide bonds. The number of rotatable bonds is 5. The number of unbranched alkanes of at least 4 members (excludes halogenated alkanes) is 1. The van der Waals surface area contributed by atoms with Gasteiger partial charge in [-0.05, 0) is 73.4 Å². The van der Waals surface area contributed by atoms with Crippen LogP contribution in [0.4, 0.5) is 11.4 Å². The standard InChI is InChI=1S/C26H30N2O2/c1-2-3-7-17-10-12-18(13-11-17)20-16-22(28-19-8-5-4-6-9-19)26(30)25-21(27)14-15-23(29)24(20)25/h4-6,8-9,14-18,29H,2-3,7,10-13,27H2,1H3. The maximum Gasteiger partial charge on any atom is 0.214 e. The number of aromatic hydroxyl groups is 1. The summed E-state index contributed by atoms with van der Waals surface area (Å²) in [6.45, 7) is 2.24. The van der Waals surface area contributed by atoms with E-state index in [0.29, 0.717) is 28.4 Å². The molecule has 0 atom stereocenters. The zero-order valence-corrected chi connectivity index (χ0v) is 17.6. The van der Waals surface area contributed by atoms with E-state index in [1.807, 2.05) is 36.4 Å². The topological polar surface area (TPSA) is 75.7 Å². The van der Waals surface area contributed by atoms with Gasteiger partial charge >= 0.3 is 0 Å². The molecule has 0 unspecified atom stereocenters. The zero-order chi connectivity index (χ0) is 21.1. The molecule has 2 aromatic carbocycles. The lowest BCUT2D eigenvalue weighted by Gasteiger charge is -2.33. The van der Waals surface area contributed by atoms with E-state index in [1.54, 1.807) is 12.1 Å². The van der Waals surface area contributed by atoms with Crippen LogP contribution in [0, 0.1) is 11.8 Å². The van der Waals surface area contributed by atoms with Crippen molar-refractivity contribution < 1.29 is 9.90 Å². The van der Waals surface area contributed by atoms with Crippen molar-refractivity contribution in [2.45, 2.75) is 51.9 Å². The van der Waals surface area contributed by atoms with Crippen molar-refractivity contribution in [1.29, 1.82) is 0 Å². The molecule has 0 saturated heterocycles. The van der Waals surface area contributed by atoms with Crippen LogP contribution < -0.4 is 5.73 Å². The zero-order valence-electron chi connectivity index (χ0n) is 17.6. The normalized spacial score (nSPS) is 22.6. The second kappa shape index (κ2) is 8.86. The van der Waals surface area contributed by atoms with Crippen LogP contribution in [0.1, 0.15) is 67.8 Å². The molecule has 2 aliphatic rings. The lowest BCUT2D eigenvalue weighted by Crippen LogP contribution is -2.25. The Morgan fingerprint density at radius 2 is 1.77 bits per heavy atom. The molecule has 4 rings (SSSR count). The fraction of sp³-hybridized carbons (Fsp3) is 0.385. The number of Topliss-reactive ketones (excluding diaryl/α,β-unsaturated/α-hetero) is 1. The molecular formula is C26H30N2O2. The van der Waals surface area contributed by atoms with Gasteiger partial charge in [0.25, 0.3) is 0 Å². The SMILES string of the molecule is CCCCC1CCC(C2=CC(=Nc3ccccc3)C(=O)c3c(N)ccc(O)c32)CC1. The number of phenolic OH excluding ortho intramolecular Hbond substituents is 1. The maximum atomic E-state index is 13.2. The summed E-state index contributed by atoms with van der Waals surface area (Å²) in [4.78, 5) is 17.8. The van der Waals surface area contributed by atoms with Crippen LogP contribution in [0.3, 0.4) is 0 Å². The first-order valence-electron chi connectivity index (χ1n) is 11.1. The molecule has 0 aliphatic heterocycles. The van der Waals surface area contributed by atoms with Crippen LogP contribution in [-0.4, -0.2) is 16.6 Å². The summed E-state index contributed by atoms with van der Waals surface area (Å²) in [5.41, 5.74) is 9.77. The fourth-order valence-corrected chi connectivity index (χ4v) is 4.86. The molecule has 156 valence electrons. The number of phenols is 1. The molecule has 0 aromatic heterocycles. The van der Waals surface area contributed by atoms with E-state index >= 15 is 0 Å². The third-order valence-corrected chi connectivity index (χ3v) is 6.51. The second-order valence-electron chi connectivity index (χ2n) is 8.55. The molecule has 0 heterocycles. The van der Waals surface area contributed by atoms with Crippen LogP contribution in [-0.2, 0) is 0 Å². The molecular weight excluding hydrogens is 372 g/mol. The van der Waals surface area contributed by atoms with Gasteiger partial charge in [0.2, 0.25) is 5.78 Å². The van der Waals surface area contributed by atoms with Crippen LogP contribution in [0.2, 0.25) is 0 Å². The summed E-state index contributed by atoms with van der Waals surface area (Å²) in [5.74, 6) is 1.01. The van der Waals surface area contributed by atoms with E-state index in [0.717, 1.165) is 30.0 Å². The summed E-state index contributed by atoms with van der Waals surface area (Å²) in [6, 6.07) is 12.7. The first-order chi connectivity index (χ1) is 14.6. The number of hydrogen-bond acceptors (Lipinski definition) is 4. The van der Waals surface area contributed by atoms with Gasteiger partial charge in [0.15, 0.2) is 0 Å². The summed E-state index contributed by atoms with van der Waals surface area (Å²) in [7, 11) is 0. The molecule has 1 saturated carbocycles. The number of fused-ring (bicyclic) bond motifs is 1. The van der Waals surface area contributed by atoms with Crippen molar-refractivity contribution in [3.8, 4) is 5.75 Å². The Kier molecular flexibility index (Phi) is 6.03. The third kappa shape index (κ3) is 4.04. The van der Waals surface area contributed by atoms with E-state index in [9.17, 15) is 9.90 Å². The van der Waals surface area contributed by atoms with Crippen molar-refractivity contribution in [1.82, 2.24) is 0 Å². The van der Waals surface area contributed by atoms with Crippen molar-refractivity contribution >= 4 is 28.4 Å². The molecule has 30 heavy (non-hydrogen) atoms. The number of aliphatic imine (C=N–C) groups is 1. The highest BCUT2D eigenvalue weighted by Gasteiger charge is 2.34. The van der Waals surface area contributed by atoms with Gasteiger partial charge in [-0.1, -0.05) is 44.4 Å². The highest BCUT2D eigenvalue weighted by Crippen LogP contribution is 2.45. The smallest absolute Gasteiger partial charge is 0.214 e. The van der Waals surface area contributed by atoms with Crippen LogP contribution in [0.25, 0.3) is 5.57 Å². The van der Waals surface area contributed by atoms with E-state index in [-0.39, 0.29) is 11.5 Å². The molecule has 0 bridgehead atoms. The van der Waals surface area contributed by atoms with E-state index in [4.69, 9.17) is 5.73 Å². The number of nitrogen functional groups attached to an aromatic ring is 1. The van der Waals surface area contributed by atoms with Crippen molar-refractivity contribution in [3.63, 3.8) is 0 Å². The lowest BCUT2D eigenvalue weighted by atomic mass is 9.72. The largest absolute Gasteiger partial charge is 0.507 e. The number of para-hydroxylation sites is 1. The Morgan fingerprint density at radius 1 is 1.03 bits per heavy atom. The summed E-state index contributed by atoms with van der Waals surface area (Å²) in [6.07, 6.45) is 10.3. The number of carbonyl (C=O) groups excluding carboxylic acids is 1. The molecule has 2 aliphatic carbocycles. The first kappa shape index (κ1) is 20.4. The molecule has 4 nitrogen and oxygen atoms in total. The number of ketones is 1. The van der Waals surface area contributed by atoms with Gasteiger partial charge in [-0.25, -0.2) is 4.99 Å². The highest BCUT2D eigenvalue weighted by atomic mass is 16.3. The van der Waals surface area contributed by atoms with Gasteiger partial charge in [-0.2, -0.15) is 0 Å². The quantitative estimate of drug-likeness (QED) is 0.454. The Balaban J connectivity index is 1.72. The average molecular weight is 403 g/mol. The van der Waals surface area contributed by atoms with Gasteiger partial charge in [-0.3, -0.25) is 4.79 Å². The minimum atomic E-state index is -0.220. The predicted molar refractivity (Wildman–Crippen MR) is 123 cm³/mol. The Bertz CT molecular complexity index is 984. The molecule has 1 fully saturated rings. The van der Waals surface area contributed by atoms with Gasteiger partial charge < -0.3 is 10.8 Å². The summed E-state index contributed by atoms with van der Waals surface area (Å²) < 4.78 is 0. The van der Waals surface area contributed by atoms with Gasteiger partial charge in [0, 0.05) is 11.3 Å². The van der Waals surface area contributed by atoms with Crippen molar-refractivity contribution in [3.05, 3.63) is 59.7 Å². The van der Waals surface area contributed by atoms with E-state index in [1.165, 1.54) is 32.1 Å². The Labute approximate surface area is 178 Å². The summed E-state index contributed by atoms with van der Waals surface area (Å²) >= 11 is 0. The van der Waals surface area contributed by atoms with E-state index in [2.05, 4.69) is 11.9 Å². The number of carbonyl (C=O) groups is 1. The van der Waals surface area contributed by atoms with Crippen molar-refractivity contribution in [2.75, 3.05) is 5.73 Å². The maximum absolute atomic E-state index is 13.2. The third-order valence-electron chi connectivity index (χ3n) is 6.51. The van der Waals surface area contributed by atoms with Crippen LogP contribution in [0.5, 0.6) is 5.75 Å². The van der Waals surface area contributed by atoms with Gasteiger partial charge in [-0.15, -0.1) is 0 Å². The number of nitrogens with zero attached hydrogens (tertiary/aromatic N) is 1. The number of hydrogen-bond donors (Lipinski definition) is 2. The van der Waals surface area contributed by atoms with Crippen LogP contribution >= 0.6 is 0 Å². The first-order valence-corrected chi connectivity index (χ1v) is 11.1. The number of nitrogens with two attached hydrogens (primary N) is 1. The van der Waals surface area contributed by atoms with Crippen LogP contribution in [0.15, 0.2) is 53.5 Å². The molecule has 4 heteroatoms. The minimum absolute atomic E-state index is 0.130. The number of allylic oxidation sites excluding steroid dienone is 2. The van der Waals surface area contributed by atoms with Gasteiger partial charge in [0.05, 0.1) is 11.3 Å². The lowest BCUT2D eigenvalue weighted by molar-refractivity contribution is 0.106. The monoisotopic (exact) mass is 402 g/mol. The molecule has 0 radical (unpaired) electrons. The van der Waals surface area contributed by atoms with Crippen molar-refractivity contribution in [2.24, 2.45) is 16.8 Å². The highest BCUT2D eigenvalue weighted by molar-refractivity contribution is 6.54. The molecule has 2 aromatic rings. The van der Waals surface area contributed by atoms with E-state index < -0.39 is 0 Å². The predicted octanol–water partition coefficient (Wildman–Crippen LogP) is 6.32. The summed E-state index contributed by atoms with van der Waals surface area (Å²) in [5, 5.41) is 10.7.